The Bertz CT molecular complexity index is 511. The number of aromatic amines is 1. The van der Waals surface area contributed by atoms with Gasteiger partial charge in [0, 0.05) is 18.8 Å². The molecule has 0 saturated heterocycles. The van der Waals surface area contributed by atoms with E-state index in [0.29, 0.717) is 30.0 Å². The van der Waals surface area contributed by atoms with E-state index in [9.17, 15) is 13.2 Å². The van der Waals surface area contributed by atoms with E-state index in [1.807, 2.05) is 6.92 Å². The molecular formula is C9H16N2O4S2. The topological polar surface area (TPSA) is 90.5 Å². The van der Waals surface area contributed by atoms with Crippen LogP contribution in [0, 0.1) is 6.92 Å². The van der Waals surface area contributed by atoms with Crippen LogP contribution in [-0.4, -0.2) is 42.5 Å². The van der Waals surface area contributed by atoms with E-state index < -0.39 is 10.0 Å². The van der Waals surface area contributed by atoms with Gasteiger partial charge in [0.1, 0.15) is 0 Å². The van der Waals surface area contributed by atoms with Crippen molar-refractivity contribution in [2.75, 3.05) is 19.7 Å². The number of nitrogens with one attached hydrogen (secondary N) is 1. The second kappa shape index (κ2) is 5.76. The first-order valence-corrected chi connectivity index (χ1v) is 7.49. The summed E-state index contributed by atoms with van der Waals surface area (Å²) < 4.78 is 25.7. The maximum Gasteiger partial charge on any atom is 0.305 e. The third-order valence-corrected chi connectivity index (χ3v) is 5.66. The Labute approximate surface area is 104 Å². The lowest BCUT2D eigenvalue weighted by Crippen LogP contribution is -2.34. The number of hydrogen-bond acceptors (Lipinski definition) is 5. The van der Waals surface area contributed by atoms with Gasteiger partial charge in [0.2, 0.25) is 0 Å². The Morgan fingerprint density at radius 1 is 1.41 bits per heavy atom. The van der Waals surface area contributed by atoms with Gasteiger partial charge in [-0.15, -0.1) is 0 Å². The number of rotatable bonds is 6. The zero-order chi connectivity index (χ0) is 13.1. The number of aliphatic hydroxyl groups excluding tert-OH is 1. The predicted molar refractivity (Wildman–Crippen MR) is 65.8 cm³/mol. The summed E-state index contributed by atoms with van der Waals surface area (Å²) in [5.74, 6) is 0. The van der Waals surface area contributed by atoms with E-state index in [-0.39, 0.29) is 22.2 Å². The van der Waals surface area contributed by atoms with Crippen LogP contribution in [0.1, 0.15) is 19.0 Å². The number of aryl methyl sites for hydroxylation is 1. The summed E-state index contributed by atoms with van der Waals surface area (Å²) in [6.07, 6.45) is 0.650. The van der Waals surface area contributed by atoms with Crippen molar-refractivity contribution in [2.24, 2.45) is 0 Å². The Morgan fingerprint density at radius 2 is 2.06 bits per heavy atom. The lowest BCUT2D eigenvalue weighted by Gasteiger charge is -2.19. The molecular weight excluding hydrogens is 264 g/mol. The van der Waals surface area contributed by atoms with Gasteiger partial charge in [0.15, 0.2) is 4.21 Å². The largest absolute Gasteiger partial charge is 0.395 e. The number of sulfonamides is 1. The molecule has 1 aromatic heterocycles. The highest BCUT2D eigenvalue weighted by molar-refractivity contribution is 7.91. The molecule has 6 nitrogen and oxygen atoms in total. The predicted octanol–water partition coefficient (Wildman–Crippen LogP) is 0.138. The van der Waals surface area contributed by atoms with E-state index >= 15 is 0 Å². The molecule has 0 spiro atoms. The van der Waals surface area contributed by atoms with Crippen LogP contribution in [-0.2, 0) is 10.0 Å². The van der Waals surface area contributed by atoms with Crippen molar-refractivity contribution >= 4 is 21.4 Å². The normalized spacial score (nSPS) is 12.2. The summed E-state index contributed by atoms with van der Waals surface area (Å²) in [6.45, 7) is 3.54. The van der Waals surface area contributed by atoms with Gasteiger partial charge in [0.25, 0.3) is 10.0 Å². The van der Waals surface area contributed by atoms with Gasteiger partial charge in [-0.2, -0.15) is 4.31 Å². The number of nitrogens with zero attached hydrogens (tertiary/aromatic N) is 1. The molecule has 0 aromatic carbocycles. The fourth-order valence-electron chi connectivity index (χ4n) is 1.47. The van der Waals surface area contributed by atoms with E-state index in [1.54, 1.807) is 6.92 Å². The van der Waals surface area contributed by atoms with Crippen molar-refractivity contribution in [3.63, 3.8) is 0 Å². The highest BCUT2D eigenvalue weighted by Gasteiger charge is 2.27. The molecule has 0 atom stereocenters. The minimum absolute atomic E-state index is 0.0319. The first kappa shape index (κ1) is 14.4. The van der Waals surface area contributed by atoms with Crippen LogP contribution in [0.3, 0.4) is 0 Å². The molecule has 0 aliphatic carbocycles. The van der Waals surface area contributed by atoms with Gasteiger partial charge in [-0.3, -0.25) is 4.79 Å². The Morgan fingerprint density at radius 3 is 2.47 bits per heavy atom. The van der Waals surface area contributed by atoms with Crippen molar-refractivity contribution in [1.82, 2.24) is 9.29 Å². The average molecular weight is 280 g/mol. The maximum absolute atomic E-state index is 12.2. The third kappa shape index (κ3) is 3.15. The van der Waals surface area contributed by atoms with Crippen molar-refractivity contribution < 1.29 is 13.5 Å². The highest BCUT2D eigenvalue weighted by atomic mass is 32.2. The molecule has 1 rings (SSSR count). The van der Waals surface area contributed by atoms with Crippen molar-refractivity contribution in [3.8, 4) is 0 Å². The zero-order valence-corrected chi connectivity index (χ0v) is 11.4. The van der Waals surface area contributed by atoms with Crippen LogP contribution in [0.5, 0.6) is 0 Å². The quantitative estimate of drug-likeness (QED) is 0.775. The van der Waals surface area contributed by atoms with E-state index in [2.05, 4.69) is 4.98 Å². The maximum atomic E-state index is 12.2. The van der Waals surface area contributed by atoms with Crippen molar-refractivity contribution in [3.05, 3.63) is 15.4 Å². The van der Waals surface area contributed by atoms with Crippen LogP contribution in [0.25, 0.3) is 0 Å². The molecule has 98 valence electrons. The summed E-state index contributed by atoms with van der Waals surface area (Å²) in [6, 6.07) is 0. The molecule has 8 heteroatoms. The number of aromatic nitrogens is 1. The van der Waals surface area contributed by atoms with Gasteiger partial charge in [-0.05, 0) is 13.3 Å². The van der Waals surface area contributed by atoms with E-state index in [1.165, 1.54) is 4.31 Å². The monoisotopic (exact) mass is 280 g/mol. The minimum atomic E-state index is -3.67. The van der Waals surface area contributed by atoms with Crippen LogP contribution >= 0.6 is 11.3 Å². The smallest absolute Gasteiger partial charge is 0.305 e. The molecule has 1 heterocycles. The van der Waals surface area contributed by atoms with Gasteiger partial charge >= 0.3 is 4.87 Å². The SMILES string of the molecule is CCCN(CCO)S(=O)(=O)c1sc(=O)[nH]c1C. The first-order valence-electron chi connectivity index (χ1n) is 5.24. The molecule has 2 N–H and O–H groups in total. The Balaban J connectivity index is 3.15. The molecule has 0 unspecified atom stereocenters. The van der Waals surface area contributed by atoms with E-state index in [0.717, 1.165) is 0 Å². The molecule has 17 heavy (non-hydrogen) atoms. The Hall–Kier alpha value is -0.700. The molecule has 0 aliphatic heterocycles. The molecule has 0 fully saturated rings. The molecule has 1 aromatic rings. The number of thiazole rings is 1. The summed E-state index contributed by atoms with van der Waals surface area (Å²) in [7, 11) is -3.67. The van der Waals surface area contributed by atoms with Crippen LogP contribution in [0.15, 0.2) is 9.00 Å². The summed E-state index contributed by atoms with van der Waals surface area (Å²) >= 11 is 0.679. The highest BCUT2D eigenvalue weighted by Crippen LogP contribution is 2.20. The van der Waals surface area contributed by atoms with Gasteiger partial charge in [-0.1, -0.05) is 18.3 Å². The van der Waals surface area contributed by atoms with Gasteiger partial charge < -0.3 is 10.1 Å². The van der Waals surface area contributed by atoms with Crippen LogP contribution in [0.2, 0.25) is 0 Å². The van der Waals surface area contributed by atoms with Gasteiger partial charge in [0.05, 0.1) is 6.61 Å². The number of hydrogen-bond donors (Lipinski definition) is 2. The van der Waals surface area contributed by atoms with E-state index in [4.69, 9.17) is 5.11 Å². The van der Waals surface area contributed by atoms with Crippen molar-refractivity contribution in [1.29, 1.82) is 0 Å². The van der Waals surface area contributed by atoms with Crippen LogP contribution in [0.4, 0.5) is 0 Å². The lowest BCUT2D eigenvalue weighted by molar-refractivity contribution is 0.253. The number of H-pyrrole nitrogens is 1. The molecule has 0 amide bonds. The summed E-state index contributed by atoms with van der Waals surface area (Å²) in [4.78, 5) is 13.2. The van der Waals surface area contributed by atoms with Crippen molar-refractivity contribution in [2.45, 2.75) is 24.5 Å². The van der Waals surface area contributed by atoms with Crippen LogP contribution < -0.4 is 4.87 Å². The molecule has 0 radical (unpaired) electrons. The second-order valence-electron chi connectivity index (χ2n) is 3.55. The summed E-state index contributed by atoms with van der Waals surface area (Å²) in [5, 5.41) is 8.88. The minimum Gasteiger partial charge on any atom is -0.395 e. The fourth-order valence-corrected chi connectivity index (χ4v) is 4.43. The molecule has 0 bridgehead atoms. The first-order chi connectivity index (χ1) is 7.93. The summed E-state index contributed by atoms with van der Waals surface area (Å²) in [5.41, 5.74) is 0.346. The standard InChI is InChI=1S/C9H16N2O4S2/c1-3-4-11(5-6-12)17(14,15)8-7(2)10-9(13)16-8/h12H,3-6H2,1-2H3,(H,10,13). The average Bonchev–Trinajstić information content (AvgIpc) is 2.58. The number of aliphatic hydroxyl groups is 1. The fraction of sp³-hybridized carbons (Fsp3) is 0.667. The molecule has 0 aliphatic rings. The van der Waals surface area contributed by atoms with Gasteiger partial charge in [-0.25, -0.2) is 8.42 Å². The third-order valence-electron chi connectivity index (χ3n) is 2.18. The lowest BCUT2D eigenvalue weighted by atomic mass is 10.5. The second-order valence-corrected chi connectivity index (χ2v) is 6.67. The zero-order valence-electron chi connectivity index (χ0n) is 9.76. The Kier molecular flexibility index (Phi) is 4.87. The molecule has 0 saturated carbocycles.